The fraction of sp³-hybridized carbons (Fsp3) is 0.346. The Morgan fingerprint density at radius 1 is 1.03 bits per heavy atom. The number of methoxy groups -OCH3 is 1. The SMILES string of the molecule is C=CC[C@H](C)[C@H](O[Si](c1ccccc1)(c1ccccc1)C(C)(C)C)C(=C)C(=O)OC. The van der Waals surface area contributed by atoms with Crippen LogP contribution < -0.4 is 10.4 Å². The molecule has 0 saturated heterocycles. The van der Waals surface area contributed by atoms with Gasteiger partial charge in [0.1, 0.15) is 0 Å². The minimum atomic E-state index is -2.83. The van der Waals surface area contributed by atoms with E-state index >= 15 is 0 Å². The zero-order chi connectivity index (χ0) is 22.4. The third kappa shape index (κ3) is 4.82. The first-order valence-electron chi connectivity index (χ1n) is 10.4. The summed E-state index contributed by atoms with van der Waals surface area (Å²) < 4.78 is 12.2. The van der Waals surface area contributed by atoms with Crippen molar-refractivity contribution in [3.63, 3.8) is 0 Å². The molecular formula is C26H34O3Si. The molecule has 2 rings (SSSR count). The van der Waals surface area contributed by atoms with Gasteiger partial charge in [-0.2, -0.15) is 0 Å². The van der Waals surface area contributed by atoms with E-state index in [9.17, 15) is 4.79 Å². The molecule has 2 aromatic carbocycles. The fourth-order valence-electron chi connectivity index (χ4n) is 4.05. The van der Waals surface area contributed by atoms with Crippen molar-refractivity contribution >= 4 is 24.7 Å². The first-order chi connectivity index (χ1) is 14.2. The Balaban J connectivity index is 2.75. The van der Waals surface area contributed by atoms with Crippen molar-refractivity contribution < 1.29 is 14.0 Å². The summed E-state index contributed by atoms with van der Waals surface area (Å²) in [6.07, 6.45) is 2.08. The molecule has 3 nitrogen and oxygen atoms in total. The number of carbonyl (C=O) groups is 1. The third-order valence-electron chi connectivity index (χ3n) is 5.57. The van der Waals surface area contributed by atoms with Gasteiger partial charge in [0.2, 0.25) is 0 Å². The molecular weight excluding hydrogens is 388 g/mol. The zero-order valence-corrected chi connectivity index (χ0v) is 19.9. The average molecular weight is 423 g/mol. The van der Waals surface area contributed by atoms with Crippen molar-refractivity contribution in [3.05, 3.63) is 85.5 Å². The molecule has 0 N–H and O–H groups in total. The smallest absolute Gasteiger partial charge is 0.335 e. The second kappa shape index (κ2) is 10.1. The van der Waals surface area contributed by atoms with E-state index in [4.69, 9.17) is 9.16 Å². The highest BCUT2D eigenvalue weighted by molar-refractivity contribution is 6.99. The van der Waals surface area contributed by atoms with Gasteiger partial charge in [0.25, 0.3) is 8.32 Å². The van der Waals surface area contributed by atoms with Crippen molar-refractivity contribution in [2.45, 2.75) is 45.3 Å². The Bertz CT molecular complexity index is 813. The van der Waals surface area contributed by atoms with Crippen molar-refractivity contribution in [1.29, 1.82) is 0 Å². The molecule has 0 bridgehead atoms. The normalized spacial score (nSPS) is 13.9. The summed E-state index contributed by atoms with van der Waals surface area (Å²) in [5.74, 6) is -0.412. The predicted molar refractivity (Wildman–Crippen MR) is 128 cm³/mol. The lowest BCUT2D eigenvalue weighted by Gasteiger charge is -2.46. The topological polar surface area (TPSA) is 35.5 Å². The average Bonchev–Trinajstić information content (AvgIpc) is 2.74. The Morgan fingerprint density at radius 2 is 1.50 bits per heavy atom. The van der Waals surface area contributed by atoms with E-state index in [2.05, 4.69) is 65.1 Å². The number of hydrogen-bond acceptors (Lipinski definition) is 3. The van der Waals surface area contributed by atoms with E-state index in [0.29, 0.717) is 12.0 Å². The van der Waals surface area contributed by atoms with Gasteiger partial charge in [0.05, 0.1) is 18.8 Å². The highest BCUT2D eigenvalue weighted by Crippen LogP contribution is 2.39. The lowest BCUT2D eigenvalue weighted by Crippen LogP contribution is -2.68. The molecule has 0 heterocycles. The predicted octanol–water partition coefficient (Wildman–Crippen LogP) is 4.87. The van der Waals surface area contributed by atoms with Crippen LogP contribution in [0.3, 0.4) is 0 Å². The molecule has 4 heteroatoms. The van der Waals surface area contributed by atoms with E-state index < -0.39 is 20.4 Å². The van der Waals surface area contributed by atoms with Crippen molar-refractivity contribution in [3.8, 4) is 0 Å². The molecule has 0 aliphatic carbocycles. The Labute approximate surface area is 182 Å². The molecule has 0 aliphatic heterocycles. The van der Waals surface area contributed by atoms with E-state index in [1.54, 1.807) is 0 Å². The maximum Gasteiger partial charge on any atom is 0.335 e. The van der Waals surface area contributed by atoms with Crippen LogP contribution in [0.2, 0.25) is 5.04 Å². The number of hydrogen-bond donors (Lipinski definition) is 0. The Hall–Kier alpha value is -2.43. The first kappa shape index (κ1) is 23.8. The van der Waals surface area contributed by atoms with Crippen LogP contribution >= 0.6 is 0 Å². The number of benzene rings is 2. The van der Waals surface area contributed by atoms with E-state index in [0.717, 1.165) is 10.4 Å². The van der Waals surface area contributed by atoms with Gasteiger partial charge < -0.3 is 9.16 Å². The largest absolute Gasteiger partial charge is 0.466 e. The van der Waals surface area contributed by atoms with Crippen LogP contribution in [0.5, 0.6) is 0 Å². The molecule has 0 fully saturated rings. The maximum atomic E-state index is 12.5. The number of ether oxygens (including phenoxy) is 1. The van der Waals surface area contributed by atoms with Gasteiger partial charge in [-0.1, -0.05) is 101 Å². The minimum absolute atomic E-state index is 0.0238. The zero-order valence-electron chi connectivity index (χ0n) is 18.9. The summed E-state index contributed by atoms with van der Waals surface area (Å²) in [7, 11) is -1.45. The molecule has 0 radical (unpaired) electrons. The highest BCUT2D eigenvalue weighted by atomic mass is 28.4. The third-order valence-corrected chi connectivity index (χ3v) is 10.6. The molecule has 0 unspecified atom stereocenters. The minimum Gasteiger partial charge on any atom is -0.466 e. The Kier molecular flexibility index (Phi) is 7.99. The summed E-state index contributed by atoms with van der Waals surface area (Å²) in [6.45, 7) is 16.7. The van der Waals surface area contributed by atoms with Gasteiger partial charge in [0, 0.05) is 0 Å². The molecule has 0 aromatic heterocycles. The summed E-state index contributed by atoms with van der Waals surface area (Å²) in [4.78, 5) is 12.5. The van der Waals surface area contributed by atoms with Crippen LogP contribution in [0, 0.1) is 5.92 Å². The van der Waals surface area contributed by atoms with Crippen molar-refractivity contribution in [2.24, 2.45) is 5.92 Å². The van der Waals surface area contributed by atoms with Crippen molar-refractivity contribution in [1.82, 2.24) is 0 Å². The van der Waals surface area contributed by atoms with E-state index in [1.807, 2.05) is 42.5 Å². The van der Waals surface area contributed by atoms with Crippen LogP contribution in [0.4, 0.5) is 0 Å². The monoisotopic (exact) mass is 422 g/mol. The quantitative estimate of drug-likeness (QED) is 0.250. The van der Waals surface area contributed by atoms with Crippen LogP contribution in [0.1, 0.15) is 34.1 Å². The highest BCUT2D eigenvalue weighted by Gasteiger charge is 2.52. The molecule has 0 amide bonds. The van der Waals surface area contributed by atoms with Gasteiger partial charge in [-0.05, 0) is 27.8 Å². The molecule has 160 valence electrons. The molecule has 30 heavy (non-hydrogen) atoms. The van der Waals surface area contributed by atoms with Crippen LogP contribution in [0.15, 0.2) is 85.5 Å². The van der Waals surface area contributed by atoms with Gasteiger partial charge in [-0.25, -0.2) is 4.79 Å². The van der Waals surface area contributed by atoms with Crippen LogP contribution in [-0.4, -0.2) is 27.5 Å². The molecule has 2 atom stereocenters. The lowest BCUT2D eigenvalue weighted by molar-refractivity contribution is -0.137. The number of carbonyl (C=O) groups excluding carboxylic acids is 1. The summed E-state index contributed by atoms with van der Waals surface area (Å²) in [5.41, 5.74) is 0.347. The second-order valence-electron chi connectivity index (χ2n) is 8.72. The van der Waals surface area contributed by atoms with E-state index in [1.165, 1.54) is 7.11 Å². The van der Waals surface area contributed by atoms with E-state index in [-0.39, 0.29) is 11.0 Å². The number of allylic oxidation sites excluding steroid dienone is 1. The molecule has 0 spiro atoms. The number of esters is 1. The number of rotatable bonds is 9. The fourth-order valence-corrected chi connectivity index (χ4v) is 8.82. The standard InChI is InChI=1S/C26H34O3Si/c1-8-15-20(2)24(21(3)25(27)28-7)29-30(26(4,5)6,22-16-11-9-12-17-22)23-18-13-10-14-19-23/h8-14,16-20,24H,1,3,15H2,2,4-7H3/t20-,24-/m0/s1. The van der Waals surface area contributed by atoms with Crippen LogP contribution in [-0.2, 0) is 14.0 Å². The van der Waals surface area contributed by atoms with Gasteiger partial charge in [-0.3, -0.25) is 0 Å². The lowest BCUT2D eigenvalue weighted by atomic mass is 9.95. The molecule has 2 aromatic rings. The Morgan fingerprint density at radius 3 is 1.87 bits per heavy atom. The first-order valence-corrected chi connectivity index (χ1v) is 12.3. The summed E-state index contributed by atoms with van der Waals surface area (Å²) >= 11 is 0. The second-order valence-corrected chi connectivity index (χ2v) is 13.0. The van der Waals surface area contributed by atoms with Crippen LogP contribution in [0.25, 0.3) is 0 Å². The van der Waals surface area contributed by atoms with Gasteiger partial charge in [-0.15, -0.1) is 6.58 Å². The molecule has 0 saturated carbocycles. The van der Waals surface area contributed by atoms with Gasteiger partial charge in [0.15, 0.2) is 0 Å². The molecule has 0 aliphatic rings. The van der Waals surface area contributed by atoms with Gasteiger partial charge >= 0.3 is 5.97 Å². The summed E-state index contributed by atoms with van der Waals surface area (Å²) in [6, 6.07) is 20.8. The maximum absolute atomic E-state index is 12.5. The van der Waals surface area contributed by atoms with Crippen molar-refractivity contribution in [2.75, 3.05) is 7.11 Å². The summed E-state index contributed by atoms with van der Waals surface area (Å²) in [5, 5.41) is 2.13.